The zero-order valence-electron chi connectivity index (χ0n) is 59.2. The fourth-order valence-corrected chi connectivity index (χ4v) is 16.9. The van der Waals surface area contributed by atoms with Crippen LogP contribution in [0, 0.1) is 32.5 Å². The highest BCUT2D eigenvalue weighted by Crippen LogP contribution is 2.52. The number of phenolic OH excluding ortho intramolecular Hbond substituents is 3. The summed E-state index contributed by atoms with van der Waals surface area (Å²) in [6, 6.07) is 14.1. The van der Waals surface area contributed by atoms with Crippen LogP contribution in [0.1, 0.15) is 317 Å². The molecule has 1 saturated heterocycles. The summed E-state index contributed by atoms with van der Waals surface area (Å²) >= 11 is 0. The predicted molar refractivity (Wildman–Crippen MR) is 352 cm³/mol. The van der Waals surface area contributed by atoms with Gasteiger partial charge >= 0.3 is 0 Å². The zero-order valence-corrected chi connectivity index (χ0v) is 59.2. The van der Waals surface area contributed by atoms with E-state index in [0.29, 0.717) is 36.9 Å². The third kappa shape index (κ3) is 18.5. The second-order valence-electron chi connectivity index (χ2n) is 37.8. The van der Waals surface area contributed by atoms with Crippen molar-refractivity contribution < 1.29 is 15.3 Å². The molecule has 0 aromatic heterocycles. The molecule has 0 unspecified atom stereocenters. The van der Waals surface area contributed by atoms with Gasteiger partial charge in [-0.3, -0.25) is 14.7 Å². The number of aromatic hydroxyl groups is 3. The molecular weight excluding hydrogens is 991 g/mol. The van der Waals surface area contributed by atoms with Crippen LogP contribution in [-0.2, 0) is 52.1 Å². The molecule has 0 amide bonds. The number of benzene rings is 3. The monoisotopic (exact) mass is 1120 g/mol. The molecule has 0 aliphatic carbocycles. The number of phenols is 3. The standard InChI is InChI=1S/C75H129N3O3/c1-49-76(40-52-34-55(70(22,23)43-64(4,5)6)61(79)56(35-52)71(24,25)44-65(7,8)9)50(2)78(42-54-38-59(74(30,31)47-68(16,17)18)63(81)60(39-54)75(32,33)48-69(19,20)21)51(3)77(49)41-53-36-57(72(26,27)45-66(10,11)12)62(80)58(37-53)73(28,29)46-67(13,14)15/h34-39,49-51,79-81H,40-48H2,1-33H3. The van der Waals surface area contributed by atoms with Crippen LogP contribution < -0.4 is 0 Å². The molecule has 3 aromatic carbocycles. The molecule has 3 N–H and O–H groups in total. The van der Waals surface area contributed by atoms with E-state index in [1.807, 2.05) is 0 Å². The van der Waals surface area contributed by atoms with E-state index < -0.39 is 0 Å². The maximum Gasteiger partial charge on any atom is 0.123 e. The van der Waals surface area contributed by atoms with Crippen molar-refractivity contribution in [2.45, 2.75) is 338 Å². The third-order valence-electron chi connectivity index (χ3n) is 17.7. The van der Waals surface area contributed by atoms with Crippen molar-refractivity contribution in [1.29, 1.82) is 0 Å². The maximum atomic E-state index is 12.7. The van der Waals surface area contributed by atoms with E-state index in [-0.39, 0.29) is 83.5 Å². The molecule has 6 heteroatoms. The molecule has 0 atom stereocenters. The first-order valence-electron chi connectivity index (χ1n) is 31.7. The third-order valence-corrected chi connectivity index (χ3v) is 17.7. The first kappa shape index (κ1) is 70.4. The summed E-state index contributed by atoms with van der Waals surface area (Å²) in [5.41, 5.74) is 8.44. The Morgan fingerprint density at radius 2 is 0.383 bits per heavy atom. The lowest BCUT2D eigenvalue weighted by atomic mass is 9.68. The van der Waals surface area contributed by atoms with Gasteiger partial charge in [-0.2, -0.15) is 0 Å². The largest absolute Gasteiger partial charge is 0.507 e. The quantitative estimate of drug-likeness (QED) is 0.118. The van der Waals surface area contributed by atoms with Gasteiger partial charge in [0.05, 0.1) is 18.5 Å². The molecule has 4 rings (SSSR count). The molecule has 3 aromatic rings. The lowest BCUT2D eigenvalue weighted by Crippen LogP contribution is -2.67. The Hall–Kier alpha value is -3.06. The Bertz CT molecular complexity index is 2190. The Labute approximate surface area is 501 Å². The topological polar surface area (TPSA) is 70.4 Å². The van der Waals surface area contributed by atoms with E-state index in [1.54, 1.807) is 0 Å². The fourth-order valence-electron chi connectivity index (χ4n) is 16.9. The molecule has 462 valence electrons. The minimum absolute atomic E-state index is 0.00498. The molecule has 1 fully saturated rings. The molecule has 1 heterocycles. The molecular formula is C75H129N3O3. The van der Waals surface area contributed by atoms with Crippen molar-refractivity contribution in [1.82, 2.24) is 14.7 Å². The van der Waals surface area contributed by atoms with Crippen LogP contribution in [0.2, 0.25) is 0 Å². The second-order valence-corrected chi connectivity index (χ2v) is 37.8. The van der Waals surface area contributed by atoms with Gasteiger partial charge in [0.25, 0.3) is 0 Å². The van der Waals surface area contributed by atoms with Gasteiger partial charge in [-0.25, -0.2) is 0 Å². The highest BCUT2D eigenvalue weighted by Gasteiger charge is 2.44. The molecule has 81 heavy (non-hydrogen) atoms. The lowest BCUT2D eigenvalue weighted by Gasteiger charge is -2.56. The highest BCUT2D eigenvalue weighted by atomic mass is 16.3. The molecule has 1 aliphatic rings. The number of hydrogen-bond acceptors (Lipinski definition) is 6. The van der Waals surface area contributed by atoms with E-state index in [4.69, 9.17) is 0 Å². The molecule has 6 nitrogen and oxygen atoms in total. The summed E-state index contributed by atoms with van der Waals surface area (Å²) in [4.78, 5) is 8.12. The van der Waals surface area contributed by atoms with Gasteiger partial charge in [-0.15, -0.1) is 0 Å². The van der Waals surface area contributed by atoms with Gasteiger partial charge in [0.2, 0.25) is 0 Å². The molecule has 0 spiro atoms. The molecule has 1 aliphatic heterocycles. The van der Waals surface area contributed by atoms with Crippen molar-refractivity contribution in [2.75, 3.05) is 0 Å². The van der Waals surface area contributed by atoms with Gasteiger partial charge in [0, 0.05) is 53.0 Å². The number of nitrogens with zero attached hydrogens (tertiary/aromatic N) is 3. The second kappa shape index (κ2) is 23.3. The zero-order chi connectivity index (χ0) is 63.0. The Morgan fingerprint density at radius 3 is 0.494 bits per heavy atom. The molecule has 0 radical (unpaired) electrons. The summed E-state index contributed by atoms with van der Waals surface area (Å²) in [7, 11) is 0. The number of rotatable bonds is 18. The predicted octanol–water partition coefficient (Wildman–Crippen LogP) is 20.9. The van der Waals surface area contributed by atoms with Crippen LogP contribution in [0.25, 0.3) is 0 Å². The summed E-state index contributed by atoms with van der Waals surface area (Å²) < 4.78 is 0. The van der Waals surface area contributed by atoms with Crippen LogP contribution in [-0.4, -0.2) is 48.5 Å². The average Bonchev–Trinajstić information content (AvgIpc) is 3.18. The summed E-state index contributed by atoms with van der Waals surface area (Å²) in [6.07, 6.45) is 5.58. The minimum atomic E-state index is -0.289. The van der Waals surface area contributed by atoms with Gasteiger partial charge in [0.1, 0.15) is 17.2 Å². The Kier molecular flexibility index (Phi) is 20.3. The van der Waals surface area contributed by atoms with Crippen molar-refractivity contribution in [3.8, 4) is 17.2 Å². The highest BCUT2D eigenvalue weighted by molar-refractivity contribution is 5.53. The van der Waals surface area contributed by atoms with E-state index in [2.05, 4.69) is 280 Å². The first-order valence-corrected chi connectivity index (χ1v) is 31.7. The van der Waals surface area contributed by atoms with Crippen LogP contribution in [0.5, 0.6) is 17.2 Å². The van der Waals surface area contributed by atoms with Gasteiger partial charge in [0.15, 0.2) is 0 Å². The number of hydrogen-bond donors (Lipinski definition) is 3. The smallest absolute Gasteiger partial charge is 0.123 e. The Morgan fingerprint density at radius 1 is 0.259 bits per heavy atom. The average molecular weight is 1120 g/mol. The lowest BCUT2D eigenvalue weighted by molar-refractivity contribution is -0.168. The summed E-state index contributed by atoms with van der Waals surface area (Å²) in [5.74, 6) is 1.35. The first-order chi connectivity index (χ1) is 35.8. The van der Waals surface area contributed by atoms with Crippen molar-refractivity contribution in [3.63, 3.8) is 0 Å². The van der Waals surface area contributed by atoms with Gasteiger partial charge < -0.3 is 15.3 Å². The van der Waals surface area contributed by atoms with Crippen LogP contribution in [0.15, 0.2) is 36.4 Å². The summed E-state index contributed by atoms with van der Waals surface area (Å²) in [6.45, 7) is 78.9. The van der Waals surface area contributed by atoms with E-state index >= 15 is 0 Å². The van der Waals surface area contributed by atoms with Crippen molar-refractivity contribution >= 4 is 0 Å². The van der Waals surface area contributed by atoms with Crippen molar-refractivity contribution in [2.24, 2.45) is 32.5 Å². The van der Waals surface area contributed by atoms with Crippen LogP contribution in [0.4, 0.5) is 0 Å². The van der Waals surface area contributed by atoms with Crippen LogP contribution >= 0.6 is 0 Å². The van der Waals surface area contributed by atoms with Crippen molar-refractivity contribution in [3.05, 3.63) is 86.5 Å². The van der Waals surface area contributed by atoms with E-state index in [9.17, 15) is 15.3 Å². The minimum Gasteiger partial charge on any atom is -0.507 e. The van der Waals surface area contributed by atoms with Gasteiger partial charge in [-0.1, -0.05) is 244 Å². The molecule has 0 bridgehead atoms. The SMILES string of the molecule is CC1N(Cc2cc(C(C)(C)CC(C)(C)C)c(O)c(C(C)(C)CC(C)(C)C)c2)C(C)N(Cc2cc(C(C)(C)CC(C)(C)C)c(O)c(C(C)(C)CC(C)(C)C)c2)C(C)N1Cc1cc(C(C)(C)CC(C)(C)C)c(O)c(C(C)(C)CC(C)(C)C)c1. The maximum absolute atomic E-state index is 12.7. The van der Waals surface area contributed by atoms with E-state index in [1.165, 1.54) is 16.7 Å². The van der Waals surface area contributed by atoms with E-state index in [0.717, 1.165) is 71.9 Å². The normalized spacial score (nSPS) is 19.0. The Balaban J connectivity index is 2.14. The fraction of sp³-hybridized carbons (Fsp3) is 0.760. The van der Waals surface area contributed by atoms with Gasteiger partial charge in [-0.05, 0) is 141 Å². The summed E-state index contributed by atoms with van der Waals surface area (Å²) in [5, 5.41) is 38.0. The van der Waals surface area contributed by atoms with Crippen LogP contribution in [0.3, 0.4) is 0 Å². The molecule has 0 saturated carbocycles.